The van der Waals surface area contributed by atoms with Gasteiger partial charge in [0.2, 0.25) is 0 Å². The number of ether oxygens (including phenoxy) is 1. The van der Waals surface area contributed by atoms with Crippen molar-refractivity contribution < 1.29 is 14.5 Å². The lowest BCUT2D eigenvalue weighted by Crippen LogP contribution is -2.46. The van der Waals surface area contributed by atoms with Gasteiger partial charge in [0.15, 0.2) is 6.29 Å². The van der Waals surface area contributed by atoms with Gasteiger partial charge < -0.3 is 4.74 Å². The van der Waals surface area contributed by atoms with Crippen LogP contribution in [0, 0.1) is 0 Å². The zero-order chi connectivity index (χ0) is 13.4. The summed E-state index contributed by atoms with van der Waals surface area (Å²) in [7, 11) is -0.172. The predicted molar refractivity (Wildman–Crippen MR) is 86.0 cm³/mol. The summed E-state index contributed by atoms with van der Waals surface area (Å²) in [5.41, 5.74) is 0.875. The normalized spacial score (nSPS) is 34.7. The third kappa shape index (κ3) is 4.28. The molecule has 1 aliphatic rings. The van der Waals surface area contributed by atoms with Crippen molar-refractivity contribution in [3.8, 4) is 0 Å². The first-order chi connectivity index (χ1) is 8.72. The molecule has 0 saturated carbocycles. The Bertz CT molecular complexity index is 225. The van der Waals surface area contributed by atoms with Gasteiger partial charge in [-0.15, -0.1) is 0 Å². The van der Waals surface area contributed by atoms with Gasteiger partial charge in [-0.1, -0.05) is 33.0 Å². The van der Waals surface area contributed by atoms with E-state index in [2.05, 4.69) is 26.6 Å². The van der Waals surface area contributed by atoms with E-state index in [1.807, 2.05) is 0 Å². The van der Waals surface area contributed by atoms with E-state index in [1.165, 1.54) is 6.42 Å². The SMILES string of the molecule is CCCCOOC1OCC([SiH2]C)CC1([SiH2]C)[SiH2]C. The minimum absolute atomic E-state index is 0.0421. The van der Waals surface area contributed by atoms with Gasteiger partial charge in [0, 0.05) is 39.8 Å². The van der Waals surface area contributed by atoms with E-state index in [4.69, 9.17) is 14.5 Å². The van der Waals surface area contributed by atoms with Gasteiger partial charge in [-0.2, -0.15) is 0 Å². The van der Waals surface area contributed by atoms with Crippen molar-refractivity contribution in [3.05, 3.63) is 0 Å². The number of rotatable bonds is 8. The molecule has 1 rings (SSSR count). The number of unbranched alkanes of at least 4 members (excludes halogenated alkanes) is 1. The molecule has 0 aliphatic carbocycles. The fourth-order valence-electron chi connectivity index (χ4n) is 2.71. The fourth-order valence-corrected chi connectivity index (χ4v) is 9.19. The maximum absolute atomic E-state index is 6.02. The number of hydrogen-bond donors (Lipinski definition) is 0. The van der Waals surface area contributed by atoms with Crippen LogP contribution < -0.4 is 0 Å². The van der Waals surface area contributed by atoms with Crippen LogP contribution in [0.15, 0.2) is 0 Å². The molecule has 2 unspecified atom stereocenters. The quantitative estimate of drug-likeness (QED) is 0.290. The van der Waals surface area contributed by atoms with Gasteiger partial charge in [0.25, 0.3) is 0 Å². The highest BCUT2D eigenvalue weighted by atomic mass is 28.3. The lowest BCUT2D eigenvalue weighted by molar-refractivity contribution is -0.387. The molecule has 3 nitrogen and oxygen atoms in total. The van der Waals surface area contributed by atoms with Gasteiger partial charge in [0.05, 0.1) is 6.61 Å². The molecule has 0 radical (unpaired) electrons. The smallest absolute Gasteiger partial charge is 0.190 e. The van der Waals surface area contributed by atoms with E-state index in [0.29, 0.717) is 11.3 Å². The first kappa shape index (κ1) is 16.6. The van der Waals surface area contributed by atoms with Crippen LogP contribution in [0.2, 0.25) is 29.8 Å². The largest absolute Gasteiger partial charge is 0.350 e. The molecule has 2 atom stereocenters. The van der Waals surface area contributed by atoms with E-state index in [0.717, 1.165) is 25.0 Å². The van der Waals surface area contributed by atoms with Crippen LogP contribution >= 0.6 is 0 Å². The lowest BCUT2D eigenvalue weighted by Gasteiger charge is -2.44. The molecule has 0 aromatic heterocycles. The zero-order valence-electron chi connectivity index (χ0n) is 12.5. The Morgan fingerprint density at radius 2 is 2.00 bits per heavy atom. The Balaban J connectivity index is 2.52. The summed E-state index contributed by atoms with van der Waals surface area (Å²) in [6, 6.07) is 0. The van der Waals surface area contributed by atoms with Crippen molar-refractivity contribution in [2.45, 2.75) is 62.3 Å². The van der Waals surface area contributed by atoms with Crippen LogP contribution in [-0.2, 0) is 14.5 Å². The third-order valence-electron chi connectivity index (χ3n) is 4.40. The van der Waals surface area contributed by atoms with Gasteiger partial charge in [-0.3, -0.25) is 0 Å². The Labute approximate surface area is 119 Å². The van der Waals surface area contributed by atoms with Crippen LogP contribution in [0.5, 0.6) is 0 Å². The van der Waals surface area contributed by atoms with Crippen molar-refractivity contribution in [2.75, 3.05) is 13.2 Å². The molecule has 0 aromatic carbocycles. The van der Waals surface area contributed by atoms with E-state index < -0.39 is 0 Å². The molecule has 0 spiro atoms. The summed E-state index contributed by atoms with van der Waals surface area (Å²) in [5, 5.41) is 0. The van der Waals surface area contributed by atoms with Crippen LogP contribution in [-0.4, -0.2) is 48.1 Å². The van der Waals surface area contributed by atoms with E-state index in [-0.39, 0.29) is 34.8 Å². The molecular formula is C12H30O3Si3. The Morgan fingerprint density at radius 1 is 1.28 bits per heavy atom. The molecule has 1 fully saturated rings. The maximum Gasteiger partial charge on any atom is 0.190 e. The second-order valence-corrected chi connectivity index (χ2v) is 12.7. The summed E-state index contributed by atoms with van der Waals surface area (Å²) >= 11 is 0. The monoisotopic (exact) mass is 306 g/mol. The number of hydrogen-bond acceptors (Lipinski definition) is 3. The van der Waals surface area contributed by atoms with Gasteiger partial charge in [-0.25, -0.2) is 9.78 Å². The summed E-state index contributed by atoms with van der Waals surface area (Å²) in [4.78, 5) is 11.0. The molecule has 0 aromatic rings. The molecule has 6 heteroatoms. The Hall–Kier alpha value is 0.531. The second kappa shape index (κ2) is 8.65. The molecule has 108 valence electrons. The van der Waals surface area contributed by atoms with Crippen molar-refractivity contribution in [3.63, 3.8) is 0 Å². The van der Waals surface area contributed by atoms with Crippen LogP contribution in [0.3, 0.4) is 0 Å². The molecule has 1 saturated heterocycles. The highest BCUT2D eigenvalue weighted by Gasteiger charge is 2.43. The molecule has 0 N–H and O–H groups in total. The fraction of sp³-hybridized carbons (Fsp3) is 1.00. The lowest BCUT2D eigenvalue weighted by atomic mass is 10.1. The van der Waals surface area contributed by atoms with E-state index >= 15 is 0 Å². The first-order valence-corrected chi connectivity index (χ1v) is 14.1. The minimum Gasteiger partial charge on any atom is -0.350 e. The van der Waals surface area contributed by atoms with Crippen LogP contribution in [0.4, 0.5) is 0 Å². The average molecular weight is 307 g/mol. The first-order valence-electron chi connectivity index (χ1n) is 7.62. The molecule has 1 heterocycles. The summed E-state index contributed by atoms with van der Waals surface area (Å²) in [5.74, 6) is 0. The topological polar surface area (TPSA) is 27.7 Å². The zero-order valence-corrected chi connectivity index (χ0v) is 16.8. The third-order valence-corrected chi connectivity index (χ3v) is 13.1. The second-order valence-electron chi connectivity index (χ2n) is 5.48. The molecular weight excluding hydrogens is 276 g/mol. The van der Waals surface area contributed by atoms with Crippen LogP contribution in [0.25, 0.3) is 0 Å². The molecule has 0 bridgehead atoms. The minimum atomic E-state index is -0.113. The molecule has 0 amide bonds. The maximum atomic E-state index is 6.02. The van der Waals surface area contributed by atoms with Gasteiger partial charge >= 0.3 is 0 Å². The highest BCUT2D eigenvalue weighted by molar-refractivity contribution is 6.61. The highest BCUT2D eigenvalue weighted by Crippen LogP contribution is 2.44. The predicted octanol–water partition coefficient (Wildman–Crippen LogP) is 1.04. The Morgan fingerprint density at radius 3 is 2.56 bits per heavy atom. The van der Waals surface area contributed by atoms with Crippen molar-refractivity contribution in [1.29, 1.82) is 0 Å². The standard InChI is InChI=1S/C12H30O3Si3/c1-5-6-7-14-15-11-12(17-3,18-4)8-10(16-2)9-13-11/h10-11H,5-9,16-18H2,1-4H3. The van der Waals surface area contributed by atoms with E-state index in [9.17, 15) is 0 Å². The summed E-state index contributed by atoms with van der Waals surface area (Å²) < 4.78 is 6.46. The summed E-state index contributed by atoms with van der Waals surface area (Å²) in [6.07, 6.45) is 3.55. The van der Waals surface area contributed by atoms with Gasteiger partial charge in [0.1, 0.15) is 0 Å². The van der Waals surface area contributed by atoms with Crippen molar-refractivity contribution in [2.24, 2.45) is 0 Å². The average Bonchev–Trinajstić information content (AvgIpc) is 2.43. The Kier molecular flexibility index (Phi) is 7.97. The van der Waals surface area contributed by atoms with Gasteiger partial charge in [-0.05, 0) is 18.4 Å². The molecule has 18 heavy (non-hydrogen) atoms. The van der Waals surface area contributed by atoms with Crippen molar-refractivity contribution in [1.82, 2.24) is 0 Å². The van der Waals surface area contributed by atoms with Crippen LogP contribution in [0.1, 0.15) is 26.2 Å². The van der Waals surface area contributed by atoms with E-state index in [1.54, 1.807) is 0 Å². The molecule has 1 aliphatic heterocycles. The van der Waals surface area contributed by atoms with Crippen molar-refractivity contribution >= 4 is 28.6 Å². The summed E-state index contributed by atoms with van der Waals surface area (Å²) in [6.45, 7) is 11.0.